The first kappa shape index (κ1) is 7.00. The molecule has 1 aliphatic rings. The van der Waals surface area contributed by atoms with Crippen molar-refractivity contribution < 1.29 is 0 Å². The monoisotopic (exact) mass is 143 g/mol. The Balaban J connectivity index is 2.51. The Bertz CT molecular complexity index is 129. The van der Waals surface area contributed by atoms with Crippen LogP contribution in [0.5, 0.6) is 0 Å². The molecule has 0 saturated carbocycles. The molecule has 0 aromatic rings. The predicted octanol–water partition coefficient (Wildman–Crippen LogP) is 1.96. The fraction of sp³-hybridized carbons (Fsp3) is 0.714. The van der Waals surface area contributed by atoms with Crippen LogP contribution in [0.2, 0.25) is 0 Å². The number of hydrogen-bond acceptors (Lipinski definition) is 2. The SMILES string of the molecule is C=C1CCSC(C)(C)N1. The van der Waals surface area contributed by atoms with Crippen molar-refractivity contribution >= 4 is 11.8 Å². The lowest BCUT2D eigenvalue weighted by Crippen LogP contribution is -2.38. The van der Waals surface area contributed by atoms with Gasteiger partial charge >= 0.3 is 0 Å². The Morgan fingerprint density at radius 3 is 2.67 bits per heavy atom. The third kappa shape index (κ3) is 1.94. The zero-order valence-corrected chi connectivity index (χ0v) is 6.85. The quantitative estimate of drug-likeness (QED) is 0.556. The van der Waals surface area contributed by atoms with Crippen molar-refractivity contribution in [1.29, 1.82) is 0 Å². The van der Waals surface area contributed by atoms with Gasteiger partial charge in [0.05, 0.1) is 4.87 Å². The van der Waals surface area contributed by atoms with Crippen molar-refractivity contribution in [1.82, 2.24) is 5.32 Å². The summed E-state index contributed by atoms with van der Waals surface area (Å²) < 4.78 is 0. The third-order valence-corrected chi connectivity index (χ3v) is 2.58. The molecule has 0 unspecified atom stereocenters. The Morgan fingerprint density at radius 1 is 1.67 bits per heavy atom. The molecule has 0 atom stereocenters. The molecular weight excluding hydrogens is 130 g/mol. The summed E-state index contributed by atoms with van der Waals surface area (Å²) in [6.07, 6.45) is 1.12. The summed E-state index contributed by atoms with van der Waals surface area (Å²) in [7, 11) is 0. The normalized spacial score (nSPS) is 25.3. The summed E-state index contributed by atoms with van der Waals surface area (Å²) >= 11 is 1.95. The third-order valence-electron chi connectivity index (χ3n) is 1.34. The second-order valence-corrected chi connectivity index (χ2v) is 4.55. The van der Waals surface area contributed by atoms with E-state index in [9.17, 15) is 0 Å². The molecule has 0 amide bonds. The fourth-order valence-electron chi connectivity index (χ4n) is 0.954. The first-order valence-corrected chi connectivity index (χ1v) is 4.19. The van der Waals surface area contributed by atoms with E-state index >= 15 is 0 Å². The predicted molar refractivity (Wildman–Crippen MR) is 43.4 cm³/mol. The van der Waals surface area contributed by atoms with Crippen molar-refractivity contribution in [2.24, 2.45) is 0 Å². The molecule has 0 aliphatic carbocycles. The molecule has 52 valence electrons. The molecule has 1 saturated heterocycles. The summed E-state index contributed by atoms with van der Waals surface area (Å²) in [4.78, 5) is 0.218. The average Bonchev–Trinajstić information content (AvgIpc) is 1.60. The van der Waals surface area contributed by atoms with Crippen LogP contribution in [0.3, 0.4) is 0 Å². The van der Waals surface area contributed by atoms with Crippen LogP contribution in [-0.2, 0) is 0 Å². The highest BCUT2D eigenvalue weighted by atomic mass is 32.2. The van der Waals surface area contributed by atoms with Gasteiger partial charge < -0.3 is 5.32 Å². The minimum absolute atomic E-state index is 0.218. The van der Waals surface area contributed by atoms with E-state index in [2.05, 4.69) is 25.7 Å². The van der Waals surface area contributed by atoms with Gasteiger partial charge in [-0.2, -0.15) is 0 Å². The first-order chi connectivity index (χ1) is 4.10. The highest BCUT2D eigenvalue weighted by Crippen LogP contribution is 2.28. The average molecular weight is 143 g/mol. The van der Waals surface area contributed by atoms with Gasteiger partial charge in [0, 0.05) is 11.4 Å². The van der Waals surface area contributed by atoms with Gasteiger partial charge in [0.1, 0.15) is 0 Å². The summed E-state index contributed by atoms with van der Waals surface area (Å²) in [5.41, 5.74) is 1.18. The highest BCUT2D eigenvalue weighted by Gasteiger charge is 2.21. The Morgan fingerprint density at radius 2 is 2.33 bits per heavy atom. The lowest BCUT2D eigenvalue weighted by molar-refractivity contribution is 0.584. The topological polar surface area (TPSA) is 12.0 Å². The maximum absolute atomic E-state index is 3.89. The van der Waals surface area contributed by atoms with Crippen molar-refractivity contribution in [2.75, 3.05) is 5.75 Å². The van der Waals surface area contributed by atoms with E-state index in [4.69, 9.17) is 0 Å². The van der Waals surface area contributed by atoms with E-state index in [1.54, 1.807) is 0 Å². The maximum atomic E-state index is 3.89. The van der Waals surface area contributed by atoms with Crippen LogP contribution in [0.15, 0.2) is 12.3 Å². The van der Waals surface area contributed by atoms with Crippen molar-refractivity contribution in [3.63, 3.8) is 0 Å². The number of thioether (sulfide) groups is 1. The molecule has 0 bridgehead atoms. The van der Waals surface area contributed by atoms with Gasteiger partial charge in [-0.1, -0.05) is 6.58 Å². The summed E-state index contributed by atoms with van der Waals surface area (Å²) in [5, 5.41) is 3.32. The molecule has 1 nitrogen and oxygen atoms in total. The Labute approximate surface area is 60.9 Å². The summed E-state index contributed by atoms with van der Waals surface area (Å²) in [5.74, 6) is 1.21. The van der Waals surface area contributed by atoms with Crippen LogP contribution in [0.4, 0.5) is 0 Å². The molecule has 9 heavy (non-hydrogen) atoms. The number of rotatable bonds is 0. The molecule has 1 rings (SSSR count). The molecule has 0 aromatic heterocycles. The smallest absolute Gasteiger partial charge is 0.0774 e. The maximum Gasteiger partial charge on any atom is 0.0774 e. The Kier molecular flexibility index (Phi) is 1.75. The van der Waals surface area contributed by atoms with Crippen LogP contribution < -0.4 is 5.32 Å². The van der Waals surface area contributed by atoms with Gasteiger partial charge in [-0.05, 0) is 20.3 Å². The van der Waals surface area contributed by atoms with E-state index in [0.717, 1.165) is 6.42 Å². The van der Waals surface area contributed by atoms with Gasteiger partial charge in [-0.25, -0.2) is 0 Å². The minimum Gasteiger partial charge on any atom is -0.375 e. The highest BCUT2D eigenvalue weighted by molar-refractivity contribution is 8.00. The van der Waals surface area contributed by atoms with Crippen molar-refractivity contribution in [3.05, 3.63) is 12.3 Å². The lowest BCUT2D eigenvalue weighted by atomic mass is 10.3. The van der Waals surface area contributed by atoms with Crippen LogP contribution >= 0.6 is 11.8 Å². The summed E-state index contributed by atoms with van der Waals surface area (Å²) in [6.45, 7) is 8.25. The molecule has 0 radical (unpaired) electrons. The number of nitrogens with one attached hydrogen (secondary N) is 1. The van der Waals surface area contributed by atoms with Crippen LogP contribution in [0.1, 0.15) is 20.3 Å². The van der Waals surface area contributed by atoms with Crippen LogP contribution in [0.25, 0.3) is 0 Å². The number of hydrogen-bond donors (Lipinski definition) is 1. The largest absolute Gasteiger partial charge is 0.375 e. The lowest BCUT2D eigenvalue weighted by Gasteiger charge is -2.32. The van der Waals surface area contributed by atoms with E-state index in [-0.39, 0.29) is 4.87 Å². The van der Waals surface area contributed by atoms with Gasteiger partial charge in [0.2, 0.25) is 0 Å². The minimum atomic E-state index is 0.218. The first-order valence-electron chi connectivity index (χ1n) is 3.20. The zero-order valence-electron chi connectivity index (χ0n) is 6.03. The fourth-order valence-corrected chi connectivity index (χ4v) is 2.03. The summed E-state index contributed by atoms with van der Waals surface area (Å²) in [6, 6.07) is 0. The standard InChI is InChI=1S/C7H13NS/c1-6-4-5-9-7(2,3)8-6/h8H,1,4-5H2,2-3H3. The molecular formula is C7H13NS. The van der Waals surface area contributed by atoms with E-state index < -0.39 is 0 Å². The van der Waals surface area contributed by atoms with Crippen molar-refractivity contribution in [2.45, 2.75) is 25.1 Å². The van der Waals surface area contributed by atoms with E-state index in [0.29, 0.717) is 0 Å². The van der Waals surface area contributed by atoms with Crippen LogP contribution in [-0.4, -0.2) is 10.6 Å². The molecule has 1 heterocycles. The second-order valence-electron chi connectivity index (χ2n) is 2.84. The van der Waals surface area contributed by atoms with E-state index in [1.807, 2.05) is 11.8 Å². The van der Waals surface area contributed by atoms with Crippen LogP contribution in [0, 0.1) is 0 Å². The molecule has 2 heteroatoms. The molecule has 0 spiro atoms. The molecule has 0 aromatic carbocycles. The van der Waals surface area contributed by atoms with E-state index in [1.165, 1.54) is 11.4 Å². The van der Waals surface area contributed by atoms with Gasteiger partial charge in [-0.3, -0.25) is 0 Å². The second kappa shape index (κ2) is 2.25. The van der Waals surface area contributed by atoms with Gasteiger partial charge in [0.25, 0.3) is 0 Å². The number of allylic oxidation sites excluding steroid dienone is 1. The van der Waals surface area contributed by atoms with Crippen molar-refractivity contribution in [3.8, 4) is 0 Å². The van der Waals surface area contributed by atoms with Gasteiger partial charge in [0.15, 0.2) is 0 Å². The molecule has 1 N–H and O–H groups in total. The Hall–Kier alpha value is -0.110. The van der Waals surface area contributed by atoms with Gasteiger partial charge in [-0.15, -0.1) is 11.8 Å². The molecule has 1 aliphatic heterocycles. The zero-order chi connectivity index (χ0) is 6.91. The molecule has 1 fully saturated rings.